The number of carbonyl (C=O) groups excluding carboxylic acids is 2. The van der Waals surface area contributed by atoms with Crippen LogP contribution >= 0.6 is 0 Å². The summed E-state index contributed by atoms with van der Waals surface area (Å²) in [7, 11) is 1.56. The molecule has 1 aliphatic heterocycles. The molecule has 0 aromatic carbocycles. The minimum absolute atomic E-state index is 0.0446. The molecule has 0 saturated carbocycles. The summed E-state index contributed by atoms with van der Waals surface area (Å²) in [4.78, 5) is 23.8. The maximum absolute atomic E-state index is 11.3. The molecular weight excluding hydrogens is 154 g/mol. The highest BCUT2D eigenvalue weighted by atomic mass is 16.2. The normalized spacial score (nSPS) is 32.1. The lowest BCUT2D eigenvalue weighted by molar-refractivity contribution is -0.142. The number of likely N-dealkylation sites (tertiary alicyclic amines) is 1. The molecule has 0 bridgehead atoms. The zero-order valence-electron chi connectivity index (χ0n) is 7.83. The minimum atomic E-state index is -0.0446. The van der Waals surface area contributed by atoms with E-state index in [1.165, 1.54) is 4.90 Å². The van der Waals surface area contributed by atoms with Crippen molar-refractivity contribution in [3.63, 3.8) is 0 Å². The summed E-state index contributed by atoms with van der Waals surface area (Å²) in [6.45, 7) is 4.05. The van der Waals surface area contributed by atoms with Crippen LogP contribution in [-0.4, -0.2) is 23.8 Å². The average molecular weight is 169 g/mol. The van der Waals surface area contributed by atoms with E-state index in [1.54, 1.807) is 7.05 Å². The van der Waals surface area contributed by atoms with Crippen molar-refractivity contribution in [1.29, 1.82) is 0 Å². The zero-order chi connectivity index (χ0) is 9.30. The molecule has 0 aromatic heterocycles. The average Bonchev–Trinajstić information content (AvgIpc) is 2.07. The van der Waals surface area contributed by atoms with E-state index in [0.717, 1.165) is 0 Å². The van der Waals surface area contributed by atoms with Crippen LogP contribution in [0.5, 0.6) is 0 Å². The largest absolute Gasteiger partial charge is 0.286 e. The molecule has 0 N–H and O–H groups in total. The number of carbonyl (C=O) groups is 2. The van der Waals surface area contributed by atoms with Gasteiger partial charge in [0.25, 0.3) is 0 Å². The van der Waals surface area contributed by atoms with Crippen LogP contribution in [0, 0.1) is 11.8 Å². The molecule has 1 rings (SSSR count). The standard InChI is InChI=1S/C9H15NO2/c1-6-4-8(11)10(3)9(12)5-7(6)2/h6-7H,4-5H2,1-3H3. The van der Waals surface area contributed by atoms with Gasteiger partial charge in [0.15, 0.2) is 0 Å². The van der Waals surface area contributed by atoms with Crippen LogP contribution in [-0.2, 0) is 9.59 Å². The summed E-state index contributed by atoms with van der Waals surface area (Å²) >= 11 is 0. The Balaban J connectivity index is 2.78. The van der Waals surface area contributed by atoms with Crippen LogP contribution in [0.4, 0.5) is 0 Å². The molecule has 0 spiro atoms. The molecule has 0 aromatic rings. The fraction of sp³-hybridized carbons (Fsp3) is 0.778. The van der Waals surface area contributed by atoms with Crippen molar-refractivity contribution in [2.75, 3.05) is 7.05 Å². The zero-order valence-corrected chi connectivity index (χ0v) is 7.83. The van der Waals surface area contributed by atoms with Crippen molar-refractivity contribution < 1.29 is 9.59 Å². The molecule has 1 saturated heterocycles. The van der Waals surface area contributed by atoms with E-state index >= 15 is 0 Å². The van der Waals surface area contributed by atoms with Crippen LogP contribution in [0.15, 0.2) is 0 Å². The molecule has 3 nitrogen and oxygen atoms in total. The molecule has 0 aliphatic carbocycles. The summed E-state index contributed by atoms with van der Waals surface area (Å²) < 4.78 is 0. The van der Waals surface area contributed by atoms with E-state index in [9.17, 15) is 9.59 Å². The molecule has 68 valence electrons. The van der Waals surface area contributed by atoms with E-state index in [2.05, 4.69) is 0 Å². The van der Waals surface area contributed by atoms with E-state index in [-0.39, 0.29) is 11.8 Å². The van der Waals surface area contributed by atoms with Gasteiger partial charge in [0, 0.05) is 19.9 Å². The number of imide groups is 1. The van der Waals surface area contributed by atoms with Gasteiger partial charge in [0.05, 0.1) is 0 Å². The third-order valence-electron chi connectivity index (χ3n) is 2.71. The molecule has 1 aliphatic rings. The second-order valence-corrected chi connectivity index (χ2v) is 3.71. The number of rotatable bonds is 0. The summed E-state index contributed by atoms with van der Waals surface area (Å²) in [5, 5.41) is 0. The molecular formula is C9H15NO2. The van der Waals surface area contributed by atoms with Crippen molar-refractivity contribution in [2.24, 2.45) is 11.8 Å². The van der Waals surface area contributed by atoms with Gasteiger partial charge in [0.1, 0.15) is 0 Å². The monoisotopic (exact) mass is 169 g/mol. The van der Waals surface area contributed by atoms with Crippen molar-refractivity contribution in [3.8, 4) is 0 Å². The van der Waals surface area contributed by atoms with E-state index in [1.807, 2.05) is 13.8 Å². The van der Waals surface area contributed by atoms with Gasteiger partial charge in [-0.25, -0.2) is 0 Å². The van der Waals surface area contributed by atoms with Crippen LogP contribution in [0.1, 0.15) is 26.7 Å². The van der Waals surface area contributed by atoms with E-state index < -0.39 is 0 Å². The lowest BCUT2D eigenvalue weighted by Crippen LogP contribution is -2.31. The Kier molecular flexibility index (Phi) is 2.50. The second-order valence-electron chi connectivity index (χ2n) is 3.71. The fourth-order valence-corrected chi connectivity index (χ4v) is 1.37. The van der Waals surface area contributed by atoms with Gasteiger partial charge in [0.2, 0.25) is 11.8 Å². The topological polar surface area (TPSA) is 37.4 Å². The highest BCUT2D eigenvalue weighted by molar-refractivity contribution is 5.95. The fourth-order valence-electron chi connectivity index (χ4n) is 1.37. The Labute approximate surface area is 72.7 Å². The number of nitrogens with zero attached hydrogens (tertiary/aromatic N) is 1. The van der Waals surface area contributed by atoms with Gasteiger partial charge in [-0.1, -0.05) is 13.8 Å². The third-order valence-corrected chi connectivity index (χ3v) is 2.71. The molecule has 0 radical (unpaired) electrons. The first-order chi connectivity index (χ1) is 5.52. The van der Waals surface area contributed by atoms with Crippen LogP contribution in [0.25, 0.3) is 0 Å². The molecule has 1 heterocycles. The Morgan fingerprint density at radius 2 is 1.42 bits per heavy atom. The first kappa shape index (κ1) is 9.23. The maximum Gasteiger partial charge on any atom is 0.229 e. The molecule has 2 amide bonds. The molecule has 3 heteroatoms. The van der Waals surface area contributed by atoms with Gasteiger partial charge in [-0.3, -0.25) is 14.5 Å². The lowest BCUT2D eigenvalue weighted by Gasteiger charge is -2.12. The van der Waals surface area contributed by atoms with Crippen molar-refractivity contribution in [1.82, 2.24) is 4.90 Å². The molecule has 2 unspecified atom stereocenters. The Hall–Kier alpha value is -0.860. The van der Waals surface area contributed by atoms with Gasteiger partial charge in [-0.15, -0.1) is 0 Å². The van der Waals surface area contributed by atoms with Crippen LogP contribution in [0.2, 0.25) is 0 Å². The highest BCUT2D eigenvalue weighted by Gasteiger charge is 2.28. The second kappa shape index (κ2) is 3.25. The van der Waals surface area contributed by atoms with Crippen molar-refractivity contribution in [2.45, 2.75) is 26.7 Å². The first-order valence-electron chi connectivity index (χ1n) is 4.31. The van der Waals surface area contributed by atoms with Gasteiger partial charge in [-0.05, 0) is 11.8 Å². The van der Waals surface area contributed by atoms with Crippen LogP contribution < -0.4 is 0 Å². The molecule has 12 heavy (non-hydrogen) atoms. The van der Waals surface area contributed by atoms with Gasteiger partial charge in [-0.2, -0.15) is 0 Å². The number of amides is 2. The Morgan fingerprint density at radius 1 is 1.08 bits per heavy atom. The molecule has 2 atom stereocenters. The Morgan fingerprint density at radius 3 is 1.75 bits per heavy atom. The first-order valence-corrected chi connectivity index (χ1v) is 4.31. The number of hydrogen-bond acceptors (Lipinski definition) is 2. The highest BCUT2D eigenvalue weighted by Crippen LogP contribution is 2.23. The predicted octanol–water partition coefficient (Wildman–Crippen LogP) is 1.04. The van der Waals surface area contributed by atoms with Crippen molar-refractivity contribution in [3.05, 3.63) is 0 Å². The quantitative estimate of drug-likeness (QED) is 0.508. The summed E-state index contributed by atoms with van der Waals surface area (Å²) in [6.07, 6.45) is 1.01. The van der Waals surface area contributed by atoms with E-state index in [4.69, 9.17) is 0 Å². The van der Waals surface area contributed by atoms with E-state index in [0.29, 0.717) is 24.7 Å². The van der Waals surface area contributed by atoms with Crippen LogP contribution in [0.3, 0.4) is 0 Å². The van der Waals surface area contributed by atoms with Gasteiger partial charge < -0.3 is 0 Å². The minimum Gasteiger partial charge on any atom is -0.286 e. The Bertz CT molecular complexity index is 191. The SMILES string of the molecule is CC1CC(=O)N(C)C(=O)CC1C. The smallest absolute Gasteiger partial charge is 0.229 e. The summed E-state index contributed by atoms with van der Waals surface area (Å²) in [5.74, 6) is 0.562. The third kappa shape index (κ3) is 1.65. The van der Waals surface area contributed by atoms with Gasteiger partial charge >= 0.3 is 0 Å². The predicted molar refractivity (Wildman–Crippen MR) is 45.3 cm³/mol. The van der Waals surface area contributed by atoms with Crippen molar-refractivity contribution >= 4 is 11.8 Å². The molecule has 1 fully saturated rings. The maximum atomic E-state index is 11.3. The lowest BCUT2D eigenvalue weighted by atomic mass is 9.91. The summed E-state index contributed by atoms with van der Waals surface area (Å²) in [6, 6.07) is 0. The summed E-state index contributed by atoms with van der Waals surface area (Å²) in [5.41, 5.74) is 0. The number of hydrogen-bond donors (Lipinski definition) is 0.